The highest BCUT2D eigenvalue weighted by Gasteiger charge is 2.20. The van der Waals surface area contributed by atoms with Crippen molar-refractivity contribution < 1.29 is 14.7 Å². The van der Waals surface area contributed by atoms with E-state index in [-0.39, 0.29) is 5.78 Å². The largest absolute Gasteiger partial charge is 0.465 e. The number of Topliss-reactive ketones (excluding diaryl/α,β-unsaturated/α-hetero) is 1. The van der Waals surface area contributed by atoms with Crippen molar-refractivity contribution >= 4 is 23.3 Å². The number of rotatable bonds is 6. The summed E-state index contributed by atoms with van der Waals surface area (Å²) in [4.78, 5) is 22.2. The third-order valence-corrected chi connectivity index (χ3v) is 3.54. The molecule has 0 bridgehead atoms. The van der Waals surface area contributed by atoms with Crippen LogP contribution in [0.2, 0.25) is 0 Å². The van der Waals surface area contributed by atoms with Crippen LogP contribution in [0.3, 0.4) is 0 Å². The Hall–Kier alpha value is -3.02. The fourth-order valence-electron chi connectivity index (χ4n) is 2.48. The molecule has 0 fully saturated rings. The number of hydrogen-bond acceptors (Lipinski definition) is 4. The molecule has 0 saturated heterocycles. The van der Waals surface area contributed by atoms with Crippen LogP contribution in [0.4, 0.5) is 16.2 Å². The molecule has 0 heterocycles. The standard InChI is InChI=1S/C19H21N3O3/c1-13(23)15-7-5-9-17(11-15)22-21-16-8-4-6-14(10-16)12-19(2,3)20-18(24)25/h4-11,20H,12H2,1-3H3,(H,24,25)/b22-21+. The van der Waals surface area contributed by atoms with Gasteiger partial charge in [0.1, 0.15) is 0 Å². The molecule has 0 atom stereocenters. The van der Waals surface area contributed by atoms with Gasteiger partial charge in [0, 0.05) is 11.1 Å². The first-order valence-electron chi connectivity index (χ1n) is 7.88. The Kier molecular flexibility index (Phi) is 5.64. The van der Waals surface area contributed by atoms with Crippen molar-refractivity contribution in [1.29, 1.82) is 0 Å². The number of carboxylic acid groups (broad SMARTS) is 1. The van der Waals surface area contributed by atoms with Gasteiger partial charge in [-0.2, -0.15) is 10.2 Å². The van der Waals surface area contributed by atoms with Crippen molar-refractivity contribution in [2.75, 3.05) is 0 Å². The summed E-state index contributed by atoms with van der Waals surface area (Å²) < 4.78 is 0. The Bertz CT molecular complexity index is 813. The van der Waals surface area contributed by atoms with Crippen LogP contribution in [-0.2, 0) is 6.42 Å². The van der Waals surface area contributed by atoms with Gasteiger partial charge in [-0.1, -0.05) is 24.3 Å². The van der Waals surface area contributed by atoms with Crippen molar-refractivity contribution in [2.45, 2.75) is 32.7 Å². The zero-order valence-corrected chi connectivity index (χ0v) is 14.5. The zero-order chi connectivity index (χ0) is 18.4. The van der Waals surface area contributed by atoms with Gasteiger partial charge < -0.3 is 10.4 Å². The van der Waals surface area contributed by atoms with Crippen molar-refractivity contribution in [2.24, 2.45) is 10.2 Å². The lowest BCUT2D eigenvalue weighted by atomic mass is 9.95. The minimum Gasteiger partial charge on any atom is -0.465 e. The second kappa shape index (κ2) is 7.70. The second-order valence-electron chi connectivity index (χ2n) is 6.47. The minimum atomic E-state index is -1.05. The number of benzene rings is 2. The number of carbonyl (C=O) groups excluding carboxylic acids is 1. The van der Waals surface area contributed by atoms with Crippen LogP contribution < -0.4 is 5.32 Å². The topological polar surface area (TPSA) is 91.1 Å². The molecule has 130 valence electrons. The molecule has 2 N–H and O–H groups in total. The molecule has 0 aliphatic carbocycles. The van der Waals surface area contributed by atoms with E-state index >= 15 is 0 Å². The zero-order valence-electron chi connectivity index (χ0n) is 14.5. The first kappa shape index (κ1) is 18.3. The molecule has 25 heavy (non-hydrogen) atoms. The molecule has 0 spiro atoms. The molecule has 2 aromatic carbocycles. The number of ketones is 1. The Balaban J connectivity index is 2.15. The normalized spacial score (nSPS) is 11.5. The lowest BCUT2D eigenvalue weighted by Gasteiger charge is -2.24. The summed E-state index contributed by atoms with van der Waals surface area (Å²) in [5.41, 5.74) is 2.22. The Morgan fingerprint density at radius 2 is 1.64 bits per heavy atom. The molecule has 0 aromatic heterocycles. The average Bonchev–Trinajstić information content (AvgIpc) is 2.51. The SMILES string of the molecule is CC(=O)c1cccc(/N=N/c2cccc(CC(C)(C)NC(=O)O)c2)c1. The third kappa shape index (κ3) is 5.84. The first-order valence-corrected chi connectivity index (χ1v) is 7.88. The van der Waals surface area contributed by atoms with Crippen LogP contribution in [0.25, 0.3) is 0 Å². The maximum Gasteiger partial charge on any atom is 0.405 e. The maximum atomic E-state index is 11.4. The van der Waals surface area contributed by atoms with Crippen molar-refractivity contribution in [3.05, 3.63) is 59.7 Å². The predicted molar refractivity (Wildman–Crippen MR) is 96.0 cm³/mol. The maximum absolute atomic E-state index is 11.4. The summed E-state index contributed by atoms with van der Waals surface area (Å²) in [7, 11) is 0. The van der Waals surface area contributed by atoms with E-state index in [9.17, 15) is 9.59 Å². The number of nitrogens with one attached hydrogen (secondary N) is 1. The summed E-state index contributed by atoms with van der Waals surface area (Å²) in [5, 5.41) is 19.8. The average molecular weight is 339 g/mol. The van der Waals surface area contributed by atoms with Gasteiger partial charge >= 0.3 is 6.09 Å². The van der Waals surface area contributed by atoms with Gasteiger partial charge in [0.05, 0.1) is 11.4 Å². The highest BCUT2D eigenvalue weighted by atomic mass is 16.4. The Labute approximate surface area is 146 Å². The van der Waals surface area contributed by atoms with Crippen LogP contribution in [0.1, 0.15) is 36.7 Å². The highest BCUT2D eigenvalue weighted by molar-refractivity contribution is 5.94. The summed E-state index contributed by atoms with van der Waals surface area (Å²) >= 11 is 0. The van der Waals surface area contributed by atoms with Crippen LogP contribution in [0.15, 0.2) is 58.8 Å². The van der Waals surface area contributed by atoms with Gasteiger partial charge in [-0.3, -0.25) is 4.79 Å². The van der Waals surface area contributed by atoms with Gasteiger partial charge in [0.2, 0.25) is 0 Å². The summed E-state index contributed by atoms with van der Waals surface area (Å²) in [5.74, 6) is -0.0211. The van der Waals surface area contributed by atoms with Gasteiger partial charge in [-0.05, 0) is 57.0 Å². The molecule has 6 heteroatoms. The Morgan fingerprint density at radius 3 is 2.24 bits per heavy atom. The number of hydrogen-bond donors (Lipinski definition) is 2. The highest BCUT2D eigenvalue weighted by Crippen LogP contribution is 2.22. The van der Waals surface area contributed by atoms with E-state index in [1.807, 2.05) is 38.1 Å². The van der Waals surface area contributed by atoms with E-state index in [1.54, 1.807) is 24.3 Å². The molecule has 1 amide bonds. The molecule has 0 radical (unpaired) electrons. The van der Waals surface area contributed by atoms with Gasteiger partial charge in [-0.15, -0.1) is 0 Å². The van der Waals surface area contributed by atoms with E-state index in [2.05, 4.69) is 15.5 Å². The number of azo groups is 1. The molecule has 0 unspecified atom stereocenters. The van der Waals surface area contributed by atoms with E-state index in [1.165, 1.54) is 6.92 Å². The molecule has 0 aliphatic heterocycles. The molecule has 0 aliphatic rings. The van der Waals surface area contributed by atoms with Gasteiger partial charge in [-0.25, -0.2) is 4.79 Å². The first-order chi connectivity index (χ1) is 11.7. The summed E-state index contributed by atoms with van der Waals surface area (Å²) in [6.45, 7) is 5.15. The monoisotopic (exact) mass is 339 g/mol. The fraction of sp³-hybridized carbons (Fsp3) is 0.263. The summed E-state index contributed by atoms with van der Waals surface area (Å²) in [6.07, 6.45) is -0.520. The number of carbonyl (C=O) groups is 2. The molecule has 0 saturated carbocycles. The van der Waals surface area contributed by atoms with Crippen LogP contribution in [0.5, 0.6) is 0 Å². The lowest BCUT2D eigenvalue weighted by Crippen LogP contribution is -2.44. The quantitative estimate of drug-likeness (QED) is 0.579. The van der Waals surface area contributed by atoms with Crippen molar-refractivity contribution in [3.63, 3.8) is 0 Å². The van der Waals surface area contributed by atoms with E-state index in [0.29, 0.717) is 23.4 Å². The van der Waals surface area contributed by atoms with E-state index < -0.39 is 11.6 Å². The van der Waals surface area contributed by atoms with E-state index in [0.717, 1.165) is 5.56 Å². The van der Waals surface area contributed by atoms with Gasteiger partial charge in [0.25, 0.3) is 0 Å². The Morgan fingerprint density at radius 1 is 1.04 bits per heavy atom. The second-order valence-corrected chi connectivity index (χ2v) is 6.47. The summed E-state index contributed by atoms with van der Waals surface area (Å²) in [6, 6.07) is 14.4. The van der Waals surface area contributed by atoms with Crippen LogP contribution in [-0.4, -0.2) is 22.5 Å². The minimum absolute atomic E-state index is 0.0211. The predicted octanol–water partition coefficient (Wildman–Crippen LogP) is 4.89. The fourth-order valence-corrected chi connectivity index (χ4v) is 2.48. The van der Waals surface area contributed by atoms with E-state index in [4.69, 9.17) is 5.11 Å². The van der Waals surface area contributed by atoms with Crippen LogP contribution >= 0.6 is 0 Å². The molecule has 2 aromatic rings. The molecular formula is C19H21N3O3. The van der Waals surface area contributed by atoms with Crippen molar-refractivity contribution in [1.82, 2.24) is 5.32 Å². The third-order valence-electron chi connectivity index (χ3n) is 3.54. The molecule has 6 nitrogen and oxygen atoms in total. The lowest BCUT2D eigenvalue weighted by molar-refractivity contribution is 0.101. The van der Waals surface area contributed by atoms with Crippen molar-refractivity contribution in [3.8, 4) is 0 Å². The van der Waals surface area contributed by atoms with Gasteiger partial charge in [0.15, 0.2) is 5.78 Å². The van der Waals surface area contributed by atoms with Crippen LogP contribution in [0, 0.1) is 0 Å². The molecular weight excluding hydrogens is 318 g/mol. The molecule has 2 rings (SSSR count). The number of amides is 1. The number of nitrogens with zero attached hydrogens (tertiary/aromatic N) is 2. The smallest absolute Gasteiger partial charge is 0.405 e.